The van der Waals surface area contributed by atoms with Gasteiger partial charge in [0.1, 0.15) is 5.82 Å². The number of thiophene rings is 1. The van der Waals surface area contributed by atoms with Crippen LogP contribution in [0.3, 0.4) is 0 Å². The number of nitrogens with one attached hydrogen (secondary N) is 1. The lowest BCUT2D eigenvalue weighted by Crippen LogP contribution is -2.31. The highest BCUT2D eigenvalue weighted by atomic mass is 32.1. The van der Waals surface area contributed by atoms with Gasteiger partial charge in [-0.25, -0.2) is 9.97 Å². The summed E-state index contributed by atoms with van der Waals surface area (Å²) >= 11 is 1.63. The summed E-state index contributed by atoms with van der Waals surface area (Å²) in [6.45, 7) is 0.607. The Bertz CT molecular complexity index is 1330. The van der Waals surface area contributed by atoms with E-state index in [4.69, 9.17) is 15.7 Å². The van der Waals surface area contributed by atoms with Gasteiger partial charge in [0.2, 0.25) is 0 Å². The molecule has 0 aliphatic carbocycles. The van der Waals surface area contributed by atoms with Gasteiger partial charge in [0.15, 0.2) is 5.82 Å². The molecule has 0 bridgehead atoms. The summed E-state index contributed by atoms with van der Waals surface area (Å²) in [5.41, 5.74) is 11.5. The lowest BCUT2D eigenvalue weighted by Gasteiger charge is -2.14. The van der Waals surface area contributed by atoms with Crippen LogP contribution in [0.15, 0.2) is 72.5 Å². The molecular weight excluding hydrogens is 418 g/mol. The number of hydrogen-bond donors (Lipinski definition) is 2. The monoisotopic (exact) mass is 441 g/mol. The molecule has 0 saturated heterocycles. The maximum Gasteiger partial charge on any atom is 0.162 e. The Labute approximate surface area is 190 Å². The predicted molar refractivity (Wildman–Crippen MR) is 129 cm³/mol. The fourth-order valence-corrected chi connectivity index (χ4v) is 4.67. The van der Waals surface area contributed by atoms with E-state index in [1.165, 1.54) is 5.56 Å². The molecule has 5 aromatic rings. The van der Waals surface area contributed by atoms with Crippen molar-refractivity contribution in [2.75, 3.05) is 11.9 Å². The molecule has 3 N–H and O–H groups in total. The van der Waals surface area contributed by atoms with Crippen LogP contribution < -0.4 is 11.1 Å². The first kappa shape index (κ1) is 20.3. The van der Waals surface area contributed by atoms with Gasteiger partial charge < -0.3 is 11.1 Å². The number of nitrogens with two attached hydrogens (primary N) is 1. The van der Waals surface area contributed by atoms with Gasteiger partial charge in [-0.15, -0.1) is 11.3 Å². The first-order chi connectivity index (χ1) is 15.7. The minimum atomic E-state index is -0.0386. The molecule has 32 heavy (non-hydrogen) atoms. The van der Waals surface area contributed by atoms with Crippen LogP contribution in [0, 0.1) is 0 Å². The number of aryl methyl sites for hydroxylation is 1. The lowest BCUT2D eigenvalue weighted by atomic mass is 10.1. The van der Waals surface area contributed by atoms with Crippen molar-refractivity contribution in [2.45, 2.75) is 12.5 Å². The molecule has 1 unspecified atom stereocenters. The first-order valence-electron chi connectivity index (χ1n) is 10.4. The summed E-state index contributed by atoms with van der Waals surface area (Å²) in [6.07, 6.45) is 6.10. The van der Waals surface area contributed by atoms with Crippen molar-refractivity contribution < 1.29 is 0 Å². The number of fused-ring (bicyclic) bond motifs is 1. The smallest absolute Gasteiger partial charge is 0.162 e. The third-order valence-corrected chi connectivity index (χ3v) is 6.30. The van der Waals surface area contributed by atoms with Crippen LogP contribution in [0.5, 0.6) is 0 Å². The Balaban J connectivity index is 1.51. The van der Waals surface area contributed by atoms with E-state index < -0.39 is 0 Å². The fourth-order valence-electron chi connectivity index (χ4n) is 3.70. The highest BCUT2D eigenvalue weighted by molar-refractivity contribution is 7.18. The van der Waals surface area contributed by atoms with E-state index in [1.807, 2.05) is 48.1 Å². The van der Waals surface area contributed by atoms with Crippen LogP contribution in [-0.2, 0) is 13.5 Å². The second-order valence-electron chi connectivity index (χ2n) is 7.63. The van der Waals surface area contributed by atoms with Gasteiger partial charge in [-0.2, -0.15) is 5.10 Å². The van der Waals surface area contributed by atoms with E-state index in [9.17, 15) is 0 Å². The number of benzene rings is 1. The molecule has 0 fully saturated rings. The third-order valence-electron chi connectivity index (χ3n) is 5.32. The molecule has 0 spiro atoms. The first-order valence-corrected chi connectivity index (χ1v) is 11.3. The molecule has 160 valence electrons. The Kier molecular flexibility index (Phi) is 5.62. The molecule has 8 heteroatoms. The van der Waals surface area contributed by atoms with E-state index in [-0.39, 0.29) is 6.04 Å². The van der Waals surface area contributed by atoms with Crippen molar-refractivity contribution in [3.8, 4) is 22.6 Å². The van der Waals surface area contributed by atoms with E-state index in [0.717, 1.165) is 39.3 Å². The van der Waals surface area contributed by atoms with Crippen molar-refractivity contribution in [3.63, 3.8) is 0 Å². The van der Waals surface area contributed by atoms with Crippen molar-refractivity contribution in [3.05, 3.63) is 78.1 Å². The van der Waals surface area contributed by atoms with E-state index >= 15 is 0 Å². The van der Waals surface area contributed by atoms with Gasteiger partial charge >= 0.3 is 0 Å². The van der Waals surface area contributed by atoms with Crippen LogP contribution in [0.1, 0.15) is 5.56 Å². The van der Waals surface area contributed by atoms with Crippen LogP contribution in [0.25, 0.3) is 32.9 Å². The Morgan fingerprint density at radius 1 is 1.03 bits per heavy atom. The number of rotatable bonds is 7. The number of hydrogen-bond acceptors (Lipinski definition) is 7. The van der Waals surface area contributed by atoms with E-state index in [0.29, 0.717) is 12.4 Å². The molecule has 4 aromatic heterocycles. The molecule has 0 aliphatic rings. The Morgan fingerprint density at radius 3 is 2.59 bits per heavy atom. The normalized spacial score (nSPS) is 12.2. The summed E-state index contributed by atoms with van der Waals surface area (Å²) in [5.74, 6) is 1.45. The van der Waals surface area contributed by atoms with Crippen LogP contribution in [-0.4, -0.2) is 37.3 Å². The fraction of sp³-hybridized carbons (Fsp3) is 0.167. The molecule has 0 aliphatic heterocycles. The van der Waals surface area contributed by atoms with Gasteiger partial charge in [-0.05, 0) is 30.2 Å². The highest BCUT2D eigenvalue weighted by Crippen LogP contribution is 2.37. The zero-order valence-corrected chi connectivity index (χ0v) is 18.5. The predicted octanol–water partition coefficient (Wildman–Crippen LogP) is 4.14. The van der Waals surface area contributed by atoms with Gasteiger partial charge in [-0.3, -0.25) is 9.67 Å². The Morgan fingerprint density at radius 2 is 1.84 bits per heavy atom. The van der Waals surface area contributed by atoms with Crippen LogP contribution in [0.4, 0.5) is 5.82 Å². The van der Waals surface area contributed by atoms with Gasteiger partial charge in [0.05, 0.1) is 15.9 Å². The standard InChI is InChI=1S/C24H23N7S/c1-31-20(9-12-28-31)19-15-32-22-21(19)29-23(17-7-10-26-11-8-17)30-24(22)27-14-18(25)13-16-5-3-2-4-6-16/h2-12,15,18H,13-14,25H2,1H3,(H,27,29,30). The highest BCUT2D eigenvalue weighted by Gasteiger charge is 2.18. The van der Waals surface area contributed by atoms with Crippen molar-refractivity contribution in [2.24, 2.45) is 12.8 Å². The molecular formula is C24H23N7S. The van der Waals surface area contributed by atoms with Gasteiger partial charge in [0.25, 0.3) is 0 Å². The maximum atomic E-state index is 6.43. The van der Waals surface area contributed by atoms with Crippen LogP contribution >= 0.6 is 11.3 Å². The minimum absolute atomic E-state index is 0.0386. The summed E-state index contributed by atoms with van der Waals surface area (Å²) in [4.78, 5) is 13.9. The molecule has 1 atom stereocenters. The summed E-state index contributed by atoms with van der Waals surface area (Å²) in [7, 11) is 1.94. The SMILES string of the molecule is Cn1nccc1-c1csc2c(NCC(N)Cc3ccccc3)nc(-c3ccncc3)nc12. The molecule has 0 saturated carbocycles. The largest absolute Gasteiger partial charge is 0.367 e. The van der Waals surface area contributed by atoms with Crippen molar-refractivity contribution in [1.82, 2.24) is 24.7 Å². The molecule has 7 nitrogen and oxygen atoms in total. The molecule has 0 radical (unpaired) electrons. The minimum Gasteiger partial charge on any atom is -0.367 e. The summed E-state index contributed by atoms with van der Waals surface area (Å²) in [6, 6.07) is 16.1. The zero-order chi connectivity index (χ0) is 21.9. The second-order valence-corrected chi connectivity index (χ2v) is 8.51. The molecule has 4 heterocycles. The maximum absolute atomic E-state index is 6.43. The average Bonchev–Trinajstić information content (AvgIpc) is 3.44. The van der Waals surface area contributed by atoms with Crippen LogP contribution in [0.2, 0.25) is 0 Å². The number of nitrogens with zero attached hydrogens (tertiary/aromatic N) is 5. The average molecular weight is 442 g/mol. The van der Waals surface area contributed by atoms with Gasteiger partial charge in [0, 0.05) is 54.7 Å². The molecule has 5 rings (SSSR count). The Hall–Kier alpha value is -3.62. The van der Waals surface area contributed by atoms with E-state index in [2.05, 4.69) is 32.9 Å². The van der Waals surface area contributed by atoms with E-state index in [1.54, 1.807) is 29.9 Å². The van der Waals surface area contributed by atoms with Crippen molar-refractivity contribution in [1.29, 1.82) is 0 Å². The number of pyridine rings is 1. The summed E-state index contributed by atoms with van der Waals surface area (Å²) < 4.78 is 2.87. The quantitative estimate of drug-likeness (QED) is 0.394. The summed E-state index contributed by atoms with van der Waals surface area (Å²) in [5, 5.41) is 9.92. The molecule has 1 aromatic carbocycles. The zero-order valence-electron chi connectivity index (χ0n) is 17.6. The number of anilines is 1. The van der Waals surface area contributed by atoms with Gasteiger partial charge in [-0.1, -0.05) is 30.3 Å². The molecule has 0 amide bonds. The number of aromatic nitrogens is 5. The lowest BCUT2D eigenvalue weighted by molar-refractivity contribution is 0.698. The van der Waals surface area contributed by atoms with Crippen molar-refractivity contribution >= 4 is 27.4 Å². The topological polar surface area (TPSA) is 94.5 Å². The second kappa shape index (κ2) is 8.86. The third kappa shape index (κ3) is 4.10.